The molecule has 2 heterocycles. The van der Waals surface area contributed by atoms with E-state index in [0.717, 1.165) is 5.52 Å². The van der Waals surface area contributed by atoms with E-state index in [9.17, 15) is 14.0 Å². The van der Waals surface area contributed by atoms with E-state index in [1.807, 2.05) is 12.1 Å². The van der Waals surface area contributed by atoms with Gasteiger partial charge in [0, 0.05) is 18.4 Å². The number of para-hydroxylation sites is 1. The van der Waals surface area contributed by atoms with Crippen LogP contribution in [0.4, 0.5) is 10.1 Å². The van der Waals surface area contributed by atoms with E-state index < -0.39 is 17.6 Å². The van der Waals surface area contributed by atoms with Crippen LogP contribution in [-0.4, -0.2) is 48.8 Å². The first kappa shape index (κ1) is 18.2. The number of tetrazole rings is 1. The molecule has 11 heteroatoms. The number of aromatic amines is 1. The third kappa shape index (κ3) is 3.93. The molecule has 2 amide bonds. The van der Waals surface area contributed by atoms with Crippen LogP contribution in [0.2, 0.25) is 0 Å². The minimum atomic E-state index is -0.595. The molecule has 0 fully saturated rings. The SMILES string of the molecule is O=C(CCNC(=O)c1n[nH]c2ccccc12)Nc1cc(-n2cnnn2)ccc1F. The van der Waals surface area contributed by atoms with E-state index in [-0.39, 0.29) is 24.3 Å². The molecule has 10 nitrogen and oxygen atoms in total. The highest BCUT2D eigenvalue weighted by molar-refractivity contribution is 6.04. The Morgan fingerprint density at radius 1 is 1.17 bits per heavy atom. The second-order valence-electron chi connectivity index (χ2n) is 6.09. The molecule has 146 valence electrons. The van der Waals surface area contributed by atoms with Gasteiger partial charge in [-0.15, -0.1) is 5.10 Å². The summed E-state index contributed by atoms with van der Waals surface area (Å²) in [5, 5.41) is 23.3. The van der Waals surface area contributed by atoms with Crippen LogP contribution in [-0.2, 0) is 4.79 Å². The normalized spacial score (nSPS) is 10.8. The molecule has 29 heavy (non-hydrogen) atoms. The highest BCUT2D eigenvalue weighted by Gasteiger charge is 2.14. The van der Waals surface area contributed by atoms with E-state index in [1.165, 1.54) is 29.2 Å². The lowest BCUT2D eigenvalue weighted by atomic mass is 10.2. The Morgan fingerprint density at radius 2 is 2.03 bits per heavy atom. The summed E-state index contributed by atoms with van der Waals surface area (Å²) >= 11 is 0. The van der Waals surface area contributed by atoms with E-state index in [1.54, 1.807) is 12.1 Å². The second-order valence-corrected chi connectivity index (χ2v) is 6.09. The Kier molecular flexibility index (Phi) is 4.93. The van der Waals surface area contributed by atoms with Crippen LogP contribution < -0.4 is 10.6 Å². The zero-order valence-corrected chi connectivity index (χ0v) is 15.0. The summed E-state index contributed by atoms with van der Waals surface area (Å²) in [7, 11) is 0. The van der Waals surface area contributed by atoms with Gasteiger partial charge in [0.05, 0.1) is 16.9 Å². The van der Waals surface area contributed by atoms with Crippen molar-refractivity contribution in [1.29, 1.82) is 0 Å². The van der Waals surface area contributed by atoms with E-state index in [2.05, 4.69) is 36.4 Å². The number of carbonyl (C=O) groups excluding carboxylic acids is 2. The quantitative estimate of drug-likeness (QED) is 0.454. The number of benzene rings is 2. The Bertz CT molecular complexity index is 1170. The first-order valence-electron chi connectivity index (χ1n) is 8.66. The molecular formula is C18H15FN8O2. The molecule has 0 bridgehead atoms. The average molecular weight is 394 g/mol. The summed E-state index contributed by atoms with van der Waals surface area (Å²) < 4.78 is 15.3. The first-order valence-corrected chi connectivity index (χ1v) is 8.66. The maximum atomic E-state index is 14.0. The van der Waals surface area contributed by atoms with E-state index >= 15 is 0 Å². The third-order valence-corrected chi connectivity index (χ3v) is 4.16. The standard InChI is InChI=1S/C18H15FN8O2/c19-13-6-5-11(27-10-21-25-26-27)9-15(13)22-16(28)7-8-20-18(29)17-12-3-1-2-4-14(12)23-24-17/h1-6,9-10H,7-8H2,(H,20,29)(H,22,28)(H,23,24). The number of rotatable bonds is 6. The Labute approximate surface area is 163 Å². The molecule has 2 aromatic carbocycles. The van der Waals surface area contributed by atoms with Gasteiger partial charge in [0.1, 0.15) is 12.1 Å². The van der Waals surface area contributed by atoms with Crippen molar-refractivity contribution in [3.63, 3.8) is 0 Å². The van der Waals surface area contributed by atoms with Gasteiger partial charge in [0.25, 0.3) is 5.91 Å². The van der Waals surface area contributed by atoms with Gasteiger partial charge in [-0.2, -0.15) is 5.10 Å². The molecule has 0 saturated carbocycles. The van der Waals surface area contributed by atoms with Gasteiger partial charge in [-0.3, -0.25) is 14.7 Å². The smallest absolute Gasteiger partial charge is 0.272 e. The molecule has 0 aliphatic heterocycles. The maximum Gasteiger partial charge on any atom is 0.272 e. The third-order valence-electron chi connectivity index (χ3n) is 4.16. The number of hydrogen-bond acceptors (Lipinski definition) is 6. The van der Waals surface area contributed by atoms with Gasteiger partial charge in [-0.05, 0) is 34.7 Å². The van der Waals surface area contributed by atoms with Crippen molar-refractivity contribution in [2.45, 2.75) is 6.42 Å². The number of anilines is 1. The lowest BCUT2D eigenvalue weighted by Gasteiger charge is -2.09. The zero-order chi connectivity index (χ0) is 20.2. The number of H-pyrrole nitrogens is 1. The monoisotopic (exact) mass is 394 g/mol. The fraction of sp³-hybridized carbons (Fsp3) is 0.111. The van der Waals surface area contributed by atoms with Crippen LogP contribution >= 0.6 is 0 Å². The summed E-state index contributed by atoms with van der Waals surface area (Å²) in [6.07, 6.45) is 1.32. The van der Waals surface area contributed by atoms with Crippen molar-refractivity contribution < 1.29 is 14.0 Å². The first-order chi connectivity index (χ1) is 14.1. The van der Waals surface area contributed by atoms with Gasteiger partial charge in [0.15, 0.2) is 5.69 Å². The van der Waals surface area contributed by atoms with Gasteiger partial charge < -0.3 is 10.6 Å². The van der Waals surface area contributed by atoms with Crippen LogP contribution in [0.3, 0.4) is 0 Å². The number of fused-ring (bicyclic) bond motifs is 1. The molecule has 0 aliphatic rings. The molecule has 0 radical (unpaired) electrons. The molecule has 0 spiro atoms. The molecule has 3 N–H and O–H groups in total. The number of aromatic nitrogens is 6. The van der Waals surface area contributed by atoms with Crippen molar-refractivity contribution in [1.82, 2.24) is 35.7 Å². The molecule has 0 aliphatic carbocycles. The summed E-state index contributed by atoms with van der Waals surface area (Å²) in [4.78, 5) is 24.4. The lowest BCUT2D eigenvalue weighted by Crippen LogP contribution is -2.28. The van der Waals surface area contributed by atoms with Crippen LogP contribution in [0, 0.1) is 5.82 Å². The second kappa shape index (κ2) is 7.84. The fourth-order valence-corrected chi connectivity index (χ4v) is 2.75. The van der Waals surface area contributed by atoms with Gasteiger partial charge in [0.2, 0.25) is 5.91 Å². The minimum absolute atomic E-state index is 0.00683. The number of nitrogens with zero attached hydrogens (tertiary/aromatic N) is 5. The molecule has 2 aromatic heterocycles. The molecule has 4 rings (SSSR count). The van der Waals surface area contributed by atoms with Crippen LogP contribution in [0.25, 0.3) is 16.6 Å². The number of carbonyl (C=O) groups is 2. The van der Waals surface area contributed by atoms with Crippen LogP contribution in [0.5, 0.6) is 0 Å². The predicted molar refractivity (Wildman–Crippen MR) is 101 cm³/mol. The summed E-state index contributed by atoms with van der Waals surface area (Å²) in [5.74, 6) is -1.45. The highest BCUT2D eigenvalue weighted by atomic mass is 19.1. The largest absolute Gasteiger partial charge is 0.350 e. The van der Waals surface area contributed by atoms with Gasteiger partial charge in [-0.1, -0.05) is 18.2 Å². The molecular weight excluding hydrogens is 379 g/mol. The summed E-state index contributed by atoms with van der Waals surface area (Å²) in [6.45, 7) is 0.0696. The minimum Gasteiger partial charge on any atom is -0.350 e. The zero-order valence-electron chi connectivity index (χ0n) is 15.0. The topological polar surface area (TPSA) is 130 Å². The van der Waals surface area contributed by atoms with E-state index in [0.29, 0.717) is 11.1 Å². The van der Waals surface area contributed by atoms with Crippen molar-refractivity contribution in [2.75, 3.05) is 11.9 Å². The van der Waals surface area contributed by atoms with Crippen molar-refractivity contribution >= 4 is 28.4 Å². The van der Waals surface area contributed by atoms with Crippen LogP contribution in [0.15, 0.2) is 48.8 Å². The lowest BCUT2D eigenvalue weighted by molar-refractivity contribution is -0.116. The van der Waals surface area contributed by atoms with Crippen molar-refractivity contribution in [3.8, 4) is 5.69 Å². The Balaban J connectivity index is 1.35. The van der Waals surface area contributed by atoms with Crippen molar-refractivity contribution in [2.24, 2.45) is 0 Å². The number of amides is 2. The highest BCUT2D eigenvalue weighted by Crippen LogP contribution is 2.18. The van der Waals surface area contributed by atoms with Crippen LogP contribution in [0.1, 0.15) is 16.9 Å². The summed E-state index contributed by atoms with van der Waals surface area (Å²) in [5.41, 5.74) is 1.48. The van der Waals surface area contributed by atoms with E-state index in [4.69, 9.17) is 0 Å². The molecule has 0 unspecified atom stereocenters. The number of nitrogens with one attached hydrogen (secondary N) is 3. The Hall–Kier alpha value is -4.15. The Morgan fingerprint density at radius 3 is 2.86 bits per heavy atom. The summed E-state index contributed by atoms with van der Waals surface area (Å²) in [6, 6.07) is 11.3. The maximum absolute atomic E-state index is 14.0. The van der Waals surface area contributed by atoms with Gasteiger partial charge >= 0.3 is 0 Å². The van der Waals surface area contributed by atoms with Gasteiger partial charge in [-0.25, -0.2) is 9.07 Å². The number of halogens is 1. The predicted octanol–water partition coefficient (Wildman–Crippen LogP) is 1.44. The number of hydrogen-bond donors (Lipinski definition) is 3. The molecule has 0 atom stereocenters. The van der Waals surface area contributed by atoms with Crippen molar-refractivity contribution in [3.05, 3.63) is 60.3 Å². The molecule has 0 saturated heterocycles. The fourth-order valence-electron chi connectivity index (χ4n) is 2.75. The average Bonchev–Trinajstić information content (AvgIpc) is 3.39. The molecule has 4 aromatic rings.